The smallest absolute Gasteiger partial charge is 0.221 e. The van der Waals surface area contributed by atoms with E-state index in [1.807, 2.05) is 12.1 Å². The van der Waals surface area contributed by atoms with Gasteiger partial charge in [-0.2, -0.15) is 0 Å². The zero-order valence-electron chi connectivity index (χ0n) is 12.2. The van der Waals surface area contributed by atoms with Crippen molar-refractivity contribution in [3.05, 3.63) is 66.2 Å². The van der Waals surface area contributed by atoms with Crippen LogP contribution in [0.3, 0.4) is 0 Å². The zero-order chi connectivity index (χ0) is 14.8. The normalized spacial score (nSPS) is 10.6. The molecule has 2 heteroatoms. The molecule has 0 bridgehead atoms. The number of carbonyl (C=O) groups is 1. The van der Waals surface area contributed by atoms with E-state index < -0.39 is 0 Å². The maximum atomic E-state index is 11.4. The molecule has 3 aromatic rings. The highest BCUT2D eigenvalue weighted by molar-refractivity contribution is 6.08. The van der Waals surface area contributed by atoms with Gasteiger partial charge in [0.2, 0.25) is 5.91 Å². The first-order chi connectivity index (χ1) is 10.1. The van der Waals surface area contributed by atoms with Gasteiger partial charge in [0.1, 0.15) is 0 Å². The van der Waals surface area contributed by atoms with Crippen LogP contribution in [-0.2, 0) is 4.79 Å². The van der Waals surface area contributed by atoms with Crippen LogP contribution in [0, 0.1) is 6.92 Å². The lowest BCUT2D eigenvalue weighted by Crippen LogP contribution is -2.06. The quantitative estimate of drug-likeness (QED) is 0.717. The van der Waals surface area contributed by atoms with Crippen LogP contribution in [0.15, 0.2) is 60.7 Å². The van der Waals surface area contributed by atoms with Crippen molar-refractivity contribution in [2.45, 2.75) is 13.8 Å². The van der Waals surface area contributed by atoms with Crippen molar-refractivity contribution in [3.63, 3.8) is 0 Å². The van der Waals surface area contributed by atoms with Crippen molar-refractivity contribution in [2.24, 2.45) is 0 Å². The standard InChI is InChI=1S/C19H17NO/c1-13-9-11-15(12-10-13)17-7-3-5-16-6-4-8-18(19(16)17)20-14(2)21/h3-12H,1-2H3,(H,20,21). The highest BCUT2D eigenvalue weighted by Gasteiger charge is 2.09. The molecule has 0 atom stereocenters. The van der Waals surface area contributed by atoms with E-state index >= 15 is 0 Å². The first-order valence-electron chi connectivity index (χ1n) is 7.01. The number of benzene rings is 3. The third kappa shape index (κ3) is 2.65. The number of nitrogens with one attached hydrogen (secondary N) is 1. The van der Waals surface area contributed by atoms with E-state index in [9.17, 15) is 4.79 Å². The Labute approximate surface area is 124 Å². The molecule has 0 heterocycles. The highest BCUT2D eigenvalue weighted by Crippen LogP contribution is 2.34. The maximum absolute atomic E-state index is 11.4. The van der Waals surface area contributed by atoms with Gasteiger partial charge in [-0.15, -0.1) is 0 Å². The van der Waals surface area contributed by atoms with Crippen LogP contribution < -0.4 is 5.32 Å². The fourth-order valence-corrected chi connectivity index (χ4v) is 2.61. The number of hydrogen-bond donors (Lipinski definition) is 1. The van der Waals surface area contributed by atoms with Gasteiger partial charge in [-0.1, -0.05) is 60.2 Å². The molecule has 3 rings (SSSR count). The van der Waals surface area contributed by atoms with E-state index in [-0.39, 0.29) is 5.91 Å². The van der Waals surface area contributed by atoms with Crippen molar-refractivity contribution >= 4 is 22.4 Å². The van der Waals surface area contributed by atoms with Crippen molar-refractivity contribution in [3.8, 4) is 11.1 Å². The van der Waals surface area contributed by atoms with Gasteiger partial charge >= 0.3 is 0 Å². The predicted octanol–water partition coefficient (Wildman–Crippen LogP) is 4.77. The summed E-state index contributed by atoms with van der Waals surface area (Å²) in [7, 11) is 0. The van der Waals surface area contributed by atoms with E-state index in [4.69, 9.17) is 0 Å². The molecule has 0 saturated carbocycles. The molecule has 0 spiro atoms. The van der Waals surface area contributed by atoms with Gasteiger partial charge < -0.3 is 5.32 Å². The molecule has 1 amide bonds. The largest absolute Gasteiger partial charge is 0.326 e. The van der Waals surface area contributed by atoms with Gasteiger partial charge in [0, 0.05) is 18.0 Å². The van der Waals surface area contributed by atoms with Crippen LogP contribution in [0.4, 0.5) is 5.69 Å². The summed E-state index contributed by atoms with van der Waals surface area (Å²) in [5.41, 5.74) is 4.39. The molecule has 3 aromatic carbocycles. The SMILES string of the molecule is CC(=O)Nc1cccc2cccc(-c3ccc(C)cc3)c12. The van der Waals surface area contributed by atoms with Crippen molar-refractivity contribution in [2.75, 3.05) is 5.32 Å². The van der Waals surface area contributed by atoms with Crippen molar-refractivity contribution in [1.82, 2.24) is 0 Å². The average Bonchev–Trinajstić information content (AvgIpc) is 2.47. The Kier molecular flexibility index (Phi) is 3.44. The number of fused-ring (bicyclic) bond motifs is 1. The lowest BCUT2D eigenvalue weighted by Gasteiger charge is -2.12. The minimum atomic E-state index is -0.0544. The van der Waals surface area contributed by atoms with Gasteiger partial charge in [-0.05, 0) is 29.5 Å². The third-order valence-electron chi connectivity index (χ3n) is 3.58. The number of carbonyl (C=O) groups excluding carboxylic acids is 1. The second-order valence-corrected chi connectivity index (χ2v) is 5.26. The Morgan fingerprint density at radius 3 is 2.24 bits per heavy atom. The molecule has 0 fully saturated rings. The first kappa shape index (κ1) is 13.4. The van der Waals surface area contributed by atoms with Gasteiger partial charge in [-0.25, -0.2) is 0 Å². The molecule has 104 valence electrons. The highest BCUT2D eigenvalue weighted by atomic mass is 16.1. The topological polar surface area (TPSA) is 29.1 Å². The lowest BCUT2D eigenvalue weighted by molar-refractivity contribution is -0.114. The number of aryl methyl sites for hydroxylation is 1. The first-order valence-corrected chi connectivity index (χ1v) is 7.01. The molecule has 0 saturated heterocycles. The van der Waals surface area contributed by atoms with Crippen LogP contribution in [0.2, 0.25) is 0 Å². The Bertz CT molecular complexity index is 798. The van der Waals surface area contributed by atoms with Crippen molar-refractivity contribution < 1.29 is 4.79 Å². The Hall–Kier alpha value is -2.61. The summed E-state index contributed by atoms with van der Waals surface area (Å²) in [6.07, 6.45) is 0. The van der Waals surface area contributed by atoms with Crippen LogP contribution in [0.1, 0.15) is 12.5 Å². The van der Waals surface area contributed by atoms with E-state index in [0.717, 1.165) is 27.6 Å². The van der Waals surface area contributed by atoms with Crippen LogP contribution in [0.25, 0.3) is 21.9 Å². The van der Waals surface area contributed by atoms with E-state index in [1.54, 1.807) is 0 Å². The molecule has 0 radical (unpaired) electrons. The zero-order valence-corrected chi connectivity index (χ0v) is 12.2. The van der Waals surface area contributed by atoms with Crippen LogP contribution in [-0.4, -0.2) is 5.91 Å². The fourth-order valence-electron chi connectivity index (χ4n) is 2.61. The summed E-state index contributed by atoms with van der Waals surface area (Å²) in [4.78, 5) is 11.4. The van der Waals surface area contributed by atoms with E-state index in [0.29, 0.717) is 0 Å². The average molecular weight is 275 g/mol. The molecule has 1 N–H and O–H groups in total. The molecule has 2 nitrogen and oxygen atoms in total. The molecular formula is C19H17NO. The molecule has 0 unspecified atom stereocenters. The summed E-state index contributed by atoms with van der Waals surface area (Å²) < 4.78 is 0. The summed E-state index contributed by atoms with van der Waals surface area (Å²) in [5.74, 6) is -0.0544. The minimum Gasteiger partial charge on any atom is -0.326 e. The monoisotopic (exact) mass is 275 g/mol. The van der Waals surface area contributed by atoms with Crippen LogP contribution in [0.5, 0.6) is 0 Å². The molecule has 0 aliphatic rings. The fraction of sp³-hybridized carbons (Fsp3) is 0.105. The summed E-state index contributed by atoms with van der Waals surface area (Å²) in [5, 5.41) is 5.14. The Morgan fingerprint density at radius 1 is 0.905 bits per heavy atom. The summed E-state index contributed by atoms with van der Waals surface area (Å²) in [6, 6.07) is 20.6. The second kappa shape index (κ2) is 5.41. The maximum Gasteiger partial charge on any atom is 0.221 e. The predicted molar refractivity (Wildman–Crippen MR) is 88.4 cm³/mol. The second-order valence-electron chi connectivity index (χ2n) is 5.26. The van der Waals surface area contributed by atoms with Gasteiger partial charge in [0.05, 0.1) is 0 Å². The van der Waals surface area contributed by atoms with E-state index in [1.165, 1.54) is 12.5 Å². The number of anilines is 1. The number of rotatable bonds is 2. The Balaban J connectivity index is 2.27. The summed E-state index contributed by atoms with van der Waals surface area (Å²) in [6.45, 7) is 3.61. The lowest BCUT2D eigenvalue weighted by atomic mass is 9.96. The Morgan fingerprint density at radius 2 is 1.57 bits per heavy atom. The number of amides is 1. The van der Waals surface area contributed by atoms with Crippen molar-refractivity contribution in [1.29, 1.82) is 0 Å². The third-order valence-corrected chi connectivity index (χ3v) is 3.58. The van der Waals surface area contributed by atoms with E-state index in [2.05, 4.69) is 60.8 Å². The molecule has 0 aliphatic heterocycles. The molecule has 21 heavy (non-hydrogen) atoms. The van der Waals surface area contributed by atoms with Gasteiger partial charge in [0.15, 0.2) is 0 Å². The molecule has 0 aromatic heterocycles. The number of hydrogen-bond acceptors (Lipinski definition) is 1. The van der Waals surface area contributed by atoms with Gasteiger partial charge in [0.25, 0.3) is 0 Å². The summed E-state index contributed by atoms with van der Waals surface area (Å²) >= 11 is 0. The molecular weight excluding hydrogens is 258 g/mol. The van der Waals surface area contributed by atoms with Crippen LogP contribution >= 0.6 is 0 Å². The molecule has 0 aliphatic carbocycles. The van der Waals surface area contributed by atoms with Gasteiger partial charge in [-0.3, -0.25) is 4.79 Å². The minimum absolute atomic E-state index is 0.0544.